The average Bonchev–Trinajstić information content (AvgIpc) is 2.72. The molecule has 2 aromatic rings. The second-order valence-corrected chi connectivity index (χ2v) is 8.86. The van der Waals surface area contributed by atoms with E-state index in [9.17, 15) is 27.6 Å². The highest BCUT2D eigenvalue weighted by atomic mass is 19.4. The molecule has 0 unspecified atom stereocenters. The third-order valence-corrected chi connectivity index (χ3v) is 6.36. The van der Waals surface area contributed by atoms with Crippen LogP contribution in [0.4, 0.5) is 23.8 Å². The standard InChI is InChI=1S/C23H23F3N4O4/c24-23(25,26)12-22(9-19(31)32)7-6-13-8-14(4-5-16(13)20(22)33)17-10-28-18(11-27-17)30-21(34)29-15-2-1-3-15/h4-5,8,10-11,15H,1-3,6-7,9,12H2,(H,31,32)(H2,28,29,30,34)/t22-/m1/s1. The number of halogens is 3. The number of carbonyl (C=O) groups is 3. The number of alkyl halides is 3. The first-order valence-corrected chi connectivity index (χ1v) is 10.9. The Morgan fingerprint density at radius 2 is 1.94 bits per heavy atom. The fraction of sp³-hybridized carbons (Fsp3) is 0.435. The lowest BCUT2D eigenvalue weighted by Gasteiger charge is -2.36. The summed E-state index contributed by atoms with van der Waals surface area (Å²) in [5.74, 6) is -1.98. The molecular weight excluding hydrogens is 453 g/mol. The molecule has 2 aliphatic rings. The number of fused-ring (bicyclic) bond motifs is 1. The molecule has 0 bridgehead atoms. The number of carbonyl (C=O) groups excluding carboxylic acids is 2. The largest absolute Gasteiger partial charge is 0.481 e. The molecular formula is C23H23F3N4O4. The number of ketones is 1. The van der Waals surface area contributed by atoms with E-state index in [1.807, 2.05) is 0 Å². The van der Waals surface area contributed by atoms with Crippen LogP contribution in [0.5, 0.6) is 0 Å². The summed E-state index contributed by atoms with van der Waals surface area (Å²) in [4.78, 5) is 44.7. The first-order chi connectivity index (χ1) is 16.0. The number of aliphatic carboxylic acids is 1. The fourth-order valence-corrected chi connectivity index (χ4v) is 4.46. The molecule has 2 aliphatic carbocycles. The van der Waals surface area contributed by atoms with Crippen LogP contribution in [0.1, 0.15) is 54.4 Å². The Hall–Kier alpha value is -3.50. The molecule has 1 aromatic carbocycles. The van der Waals surface area contributed by atoms with Crippen LogP contribution in [-0.2, 0) is 11.2 Å². The third kappa shape index (κ3) is 5.18. The summed E-state index contributed by atoms with van der Waals surface area (Å²) in [6, 6.07) is 4.44. The first-order valence-electron chi connectivity index (χ1n) is 10.9. The number of anilines is 1. The maximum atomic E-state index is 13.2. The number of amides is 2. The average molecular weight is 476 g/mol. The van der Waals surface area contributed by atoms with Crippen molar-refractivity contribution in [1.29, 1.82) is 0 Å². The van der Waals surface area contributed by atoms with Crippen molar-refractivity contribution in [3.05, 3.63) is 41.7 Å². The van der Waals surface area contributed by atoms with Gasteiger partial charge in [-0.1, -0.05) is 12.1 Å². The number of rotatable bonds is 6. The number of hydrogen-bond acceptors (Lipinski definition) is 5. The Bertz CT molecular complexity index is 1120. The number of carboxylic acids is 1. The van der Waals surface area contributed by atoms with Crippen molar-refractivity contribution in [3.8, 4) is 11.3 Å². The molecule has 1 saturated carbocycles. The molecule has 1 atom stereocenters. The predicted molar refractivity (Wildman–Crippen MR) is 115 cm³/mol. The van der Waals surface area contributed by atoms with E-state index in [2.05, 4.69) is 20.6 Å². The summed E-state index contributed by atoms with van der Waals surface area (Å²) < 4.78 is 39.5. The van der Waals surface area contributed by atoms with E-state index in [0.717, 1.165) is 19.3 Å². The molecule has 1 aromatic heterocycles. The number of hydrogen-bond donors (Lipinski definition) is 3. The van der Waals surface area contributed by atoms with Gasteiger partial charge in [0.2, 0.25) is 0 Å². The molecule has 180 valence electrons. The van der Waals surface area contributed by atoms with Crippen molar-refractivity contribution < 1.29 is 32.7 Å². The summed E-state index contributed by atoms with van der Waals surface area (Å²) in [5, 5.41) is 14.6. The van der Waals surface area contributed by atoms with Gasteiger partial charge in [-0.25, -0.2) is 9.78 Å². The number of aryl methyl sites for hydroxylation is 1. The highest BCUT2D eigenvalue weighted by Gasteiger charge is 2.50. The molecule has 1 heterocycles. The van der Waals surface area contributed by atoms with Crippen molar-refractivity contribution in [2.45, 2.75) is 57.2 Å². The Kier molecular flexibility index (Phi) is 6.28. The zero-order chi connectivity index (χ0) is 24.5. The number of carboxylic acid groups (broad SMARTS) is 1. The lowest BCUT2D eigenvalue weighted by Crippen LogP contribution is -2.42. The fourth-order valence-electron chi connectivity index (χ4n) is 4.46. The number of Topliss-reactive ketones (excluding diaryl/α,β-unsaturated/α-hetero) is 1. The molecule has 3 N–H and O–H groups in total. The van der Waals surface area contributed by atoms with Crippen LogP contribution < -0.4 is 10.6 Å². The van der Waals surface area contributed by atoms with Gasteiger partial charge in [0.1, 0.15) is 0 Å². The molecule has 0 spiro atoms. The molecule has 11 heteroatoms. The van der Waals surface area contributed by atoms with E-state index in [1.54, 1.807) is 12.1 Å². The number of nitrogens with one attached hydrogen (secondary N) is 2. The second kappa shape index (κ2) is 9.03. The Morgan fingerprint density at radius 1 is 1.18 bits per heavy atom. The molecule has 0 saturated heterocycles. The molecule has 0 aliphatic heterocycles. The highest BCUT2D eigenvalue weighted by molar-refractivity contribution is 6.04. The van der Waals surface area contributed by atoms with E-state index in [-0.39, 0.29) is 36.3 Å². The first kappa shape index (κ1) is 23.7. The van der Waals surface area contributed by atoms with Crippen LogP contribution in [0.15, 0.2) is 30.6 Å². The van der Waals surface area contributed by atoms with Crippen molar-refractivity contribution in [2.24, 2.45) is 5.41 Å². The molecule has 34 heavy (non-hydrogen) atoms. The summed E-state index contributed by atoms with van der Waals surface area (Å²) >= 11 is 0. The van der Waals surface area contributed by atoms with Gasteiger partial charge in [-0.2, -0.15) is 13.2 Å². The predicted octanol–water partition coefficient (Wildman–Crippen LogP) is 4.36. The van der Waals surface area contributed by atoms with Crippen molar-refractivity contribution in [3.63, 3.8) is 0 Å². The molecule has 8 nitrogen and oxygen atoms in total. The van der Waals surface area contributed by atoms with Gasteiger partial charge in [0, 0.05) is 17.2 Å². The van der Waals surface area contributed by atoms with E-state index in [4.69, 9.17) is 5.11 Å². The third-order valence-electron chi connectivity index (χ3n) is 6.36. The Morgan fingerprint density at radius 3 is 2.53 bits per heavy atom. The van der Waals surface area contributed by atoms with E-state index < -0.39 is 36.2 Å². The van der Waals surface area contributed by atoms with Gasteiger partial charge < -0.3 is 10.4 Å². The molecule has 0 radical (unpaired) electrons. The Balaban J connectivity index is 1.51. The van der Waals surface area contributed by atoms with Crippen LogP contribution >= 0.6 is 0 Å². The minimum atomic E-state index is -4.66. The topological polar surface area (TPSA) is 121 Å². The molecule has 4 rings (SSSR count). The van der Waals surface area contributed by atoms with Gasteiger partial charge in [-0.05, 0) is 43.7 Å². The van der Waals surface area contributed by atoms with Gasteiger partial charge in [0.25, 0.3) is 0 Å². The SMILES string of the molecule is O=C(O)C[C@@]1(CC(F)(F)F)CCc2cc(-c3cnc(NC(=O)NC4CCC4)cn3)ccc2C1=O. The quantitative estimate of drug-likeness (QED) is 0.570. The monoisotopic (exact) mass is 476 g/mol. The van der Waals surface area contributed by atoms with Crippen LogP contribution in [0, 0.1) is 5.41 Å². The number of nitrogens with zero attached hydrogens (tertiary/aromatic N) is 2. The minimum absolute atomic E-state index is 0.0967. The lowest BCUT2D eigenvalue weighted by molar-refractivity contribution is -0.160. The Labute approximate surface area is 193 Å². The lowest BCUT2D eigenvalue weighted by atomic mass is 9.66. The smallest absolute Gasteiger partial charge is 0.390 e. The van der Waals surface area contributed by atoms with Gasteiger partial charge in [-0.3, -0.25) is 19.9 Å². The molecule has 1 fully saturated rings. The summed E-state index contributed by atoms with van der Waals surface area (Å²) in [6.07, 6.45) is -1.26. The van der Waals surface area contributed by atoms with Crippen molar-refractivity contribution in [2.75, 3.05) is 5.32 Å². The van der Waals surface area contributed by atoms with Gasteiger partial charge in [0.05, 0.1) is 36.3 Å². The normalized spacial score (nSPS) is 20.3. The minimum Gasteiger partial charge on any atom is -0.481 e. The summed E-state index contributed by atoms with van der Waals surface area (Å²) in [7, 11) is 0. The number of urea groups is 1. The van der Waals surface area contributed by atoms with Crippen LogP contribution in [0.25, 0.3) is 11.3 Å². The maximum Gasteiger partial charge on any atom is 0.390 e. The van der Waals surface area contributed by atoms with Crippen LogP contribution in [0.2, 0.25) is 0 Å². The highest BCUT2D eigenvalue weighted by Crippen LogP contribution is 2.46. The number of aromatic nitrogens is 2. The zero-order valence-corrected chi connectivity index (χ0v) is 18.1. The summed E-state index contributed by atoms with van der Waals surface area (Å²) in [6.45, 7) is 0. The second-order valence-electron chi connectivity index (χ2n) is 8.86. The molecule has 2 amide bonds. The van der Waals surface area contributed by atoms with Gasteiger partial charge in [0.15, 0.2) is 11.6 Å². The van der Waals surface area contributed by atoms with Gasteiger partial charge in [-0.15, -0.1) is 0 Å². The van der Waals surface area contributed by atoms with Crippen LogP contribution in [-0.4, -0.2) is 45.1 Å². The summed E-state index contributed by atoms with van der Waals surface area (Å²) in [5.41, 5.74) is -0.316. The van der Waals surface area contributed by atoms with E-state index in [0.29, 0.717) is 16.8 Å². The van der Waals surface area contributed by atoms with Crippen LogP contribution in [0.3, 0.4) is 0 Å². The van der Waals surface area contributed by atoms with E-state index in [1.165, 1.54) is 18.5 Å². The van der Waals surface area contributed by atoms with Crippen molar-refractivity contribution >= 4 is 23.6 Å². The van der Waals surface area contributed by atoms with Crippen molar-refractivity contribution in [1.82, 2.24) is 15.3 Å². The zero-order valence-electron chi connectivity index (χ0n) is 18.1. The van der Waals surface area contributed by atoms with E-state index >= 15 is 0 Å². The maximum absolute atomic E-state index is 13.2. The van der Waals surface area contributed by atoms with Gasteiger partial charge >= 0.3 is 18.2 Å². The number of benzene rings is 1.